The minimum atomic E-state index is -0.843. The van der Waals surface area contributed by atoms with Crippen molar-refractivity contribution in [2.75, 3.05) is 0 Å². The molecule has 0 aliphatic carbocycles. The van der Waals surface area contributed by atoms with Crippen molar-refractivity contribution in [3.05, 3.63) is 41.0 Å². The zero-order valence-corrected chi connectivity index (χ0v) is 14.7. The normalized spacial score (nSPS) is 12.5. The number of aryl methyl sites for hydroxylation is 2. The molecule has 4 nitrogen and oxygen atoms in total. The van der Waals surface area contributed by atoms with Gasteiger partial charge < -0.3 is 5.11 Å². The summed E-state index contributed by atoms with van der Waals surface area (Å²) in [5, 5.41) is 12.4. The van der Waals surface area contributed by atoms with Crippen LogP contribution in [-0.4, -0.2) is 26.3 Å². The lowest BCUT2D eigenvalue weighted by Crippen LogP contribution is -2.11. The zero-order chi connectivity index (χ0) is 16.6. The molecule has 1 unspecified atom stereocenters. The molecule has 1 atom stereocenters. The van der Waals surface area contributed by atoms with Crippen molar-refractivity contribution in [3.63, 3.8) is 0 Å². The zero-order valence-electron chi connectivity index (χ0n) is 13.0. The van der Waals surface area contributed by atoms with Crippen molar-refractivity contribution in [3.8, 4) is 11.1 Å². The predicted octanol–water partition coefficient (Wildman–Crippen LogP) is 4.54. The Bertz CT molecular complexity index is 889. The number of hydrogen-bond acceptors (Lipinski definition) is 5. The maximum Gasteiger partial charge on any atom is 0.316 e. The number of carboxylic acids is 1. The van der Waals surface area contributed by atoms with Crippen molar-refractivity contribution >= 4 is 39.3 Å². The maximum atomic E-state index is 11.2. The van der Waals surface area contributed by atoms with E-state index in [1.165, 1.54) is 29.2 Å². The quantitative estimate of drug-likeness (QED) is 0.556. The van der Waals surface area contributed by atoms with E-state index in [-0.39, 0.29) is 0 Å². The average Bonchev–Trinajstić information content (AvgIpc) is 2.92. The molecule has 0 amide bonds. The van der Waals surface area contributed by atoms with Crippen molar-refractivity contribution in [1.29, 1.82) is 0 Å². The number of rotatable bonds is 4. The van der Waals surface area contributed by atoms with Crippen molar-refractivity contribution < 1.29 is 9.90 Å². The summed E-state index contributed by atoms with van der Waals surface area (Å²) < 4.78 is 0. The number of carbonyl (C=O) groups is 1. The van der Waals surface area contributed by atoms with Crippen LogP contribution in [0.25, 0.3) is 21.3 Å². The lowest BCUT2D eigenvalue weighted by Gasteiger charge is -2.10. The van der Waals surface area contributed by atoms with Gasteiger partial charge in [-0.1, -0.05) is 35.5 Å². The van der Waals surface area contributed by atoms with Crippen LogP contribution in [0.4, 0.5) is 0 Å². The highest BCUT2D eigenvalue weighted by atomic mass is 32.2. The Morgan fingerprint density at radius 2 is 2.04 bits per heavy atom. The molecule has 3 aromatic rings. The summed E-state index contributed by atoms with van der Waals surface area (Å²) in [6.07, 6.45) is 1.50. The van der Waals surface area contributed by atoms with Crippen LogP contribution in [0.5, 0.6) is 0 Å². The van der Waals surface area contributed by atoms with Crippen molar-refractivity contribution in [1.82, 2.24) is 9.97 Å². The number of carboxylic acid groups (broad SMARTS) is 1. The second-order valence-electron chi connectivity index (χ2n) is 5.43. The SMILES string of the molecule is Cc1ccc(-c2csc3ncnc(SC(C)C(=O)O)c23)c(C)c1. The van der Waals surface area contributed by atoms with Gasteiger partial charge in [0.1, 0.15) is 21.4 Å². The van der Waals surface area contributed by atoms with Crippen LogP contribution in [0.2, 0.25) is 0 Å². The Kier molecular flexibility index (Phi) is 4.37. The van der Waals surface area contributed by atoms with Gasteiger partial charge in [0.05, 0.1) is 5.39 Å². The third-order valence-electron chi connectivity index (χ3n) is 3.64. The standard InChI is InChI=1S/C17H16N2O2S2/c1-9-4-5-12(10(2)6-9)13-7-22-15-14(13)16(19-8-18-15)23-11(3)17(20)21/h4-8,11H,1-3H3,(H,20,21). The third-order valence-corrected chi connectivity index (χ3v) is 5.62. The summed E-state index contributed by atoms with van der Waals surface area (Å²) in [7, 11) is 0. The Balaban J connectivity index is 2.17. The molecule has 1 aromatic carbocycles. The molecule has 0 aliphatic heterocycles. The number of aliphatic carboxylic acids is 1. The monoisotopic (exact) mass is 344 g/mol. The van der Waals surface area contributed by atoms with Crippen LogP contribution in [0.1, 0.15) is 18.1 Å². The Morgan fingerprint density at radius 1 is 1.26 bits per heavy atom. The molecule has 1 N–H and O–H groups in total. The van der Waals surface area contributed by atoms with Gasteiger partial charge in [0.15, 0.2) is 0 Å². The first-order chi connectivity index (χ1) is 11.0. The predicted molar refractivity (Wildman–Crippen MR) is 95.3 cm³/mol. The van der Waals surface area contributed by atoms with Gasteiger partial charge in [0.2, 0.25) is 0 Å². The van der Waals surface area contributed by atoms with E-state index in [2.05, 4.69) is 47.4 Å². The minimum absolute atomic E-state index is 0.556. The van der Waals surface area contributed by atoms with E-state index in [9.17, 15) is 4.79 Å². The van der Waals surface area contributed by atoms with Crippen LogP contribution in [-0.2, 0) is 4.79 Å². The van der Waals surface area contributed by atoms with Gasteiger partial charge >= 0.3 is 5.97 Å². The molecule has 3 rings (SSSR count). The molecule has 0 spiro atoms. The molecule has 6 heteroatoms. The molecule has 118 valence electrons. The molecule has 23 heavy (non-hydrogen) atoms. The molecular weight excluding hydrogens is 328 g/mol. The molecule has 0 fully saturated rings. The third kappa shape index (κ3) is 3.09. The highest BCUT2D eigenvalue weighted by Gasteiger charge is 2.19. The molecule has 0 aliphatic rings. The average molecular weight is 344 g/mol. The summed E-state index contributed by atoms with van der Waals surface area (Å²) in [5.74, 6) is -0.843. The van der Waals surface area contributed by atoms with E-state index in [0.29, 0.717) is 0 Å². The summed E-state index contributed by atoms with van der Waals surface area (Å²) in [5.41, 5.74) is 4.62. The van der Waals surface area contributed by atoms with Gasteiger partial charge in [-0.25, -0.2) is 9.97 Å². The first kappa shape index (κ1) is 16.0. The van der Waals surface area contributed by atoms with Gasteiger partial charge in [-0.15, -0.1) is 11.3 Å². The number of fused-ring (bicyclic) bond motifs is 1. The first-order valence-electron chi connectivity index (χ1n) is 7.16. The number of nitrogens with zero attached hydrogens (tertiary/aromatic N) is 2. The number of aromatic nitrogens is 2. The fourth-order valence-electron chi connectivity index (χ4n) is 2.47. The molecule has 0 bridgehead atoms. The van der Waals surface area contributed by atoms with Crippen LogP contribution >= 0.6 is 23.1 Å². The summed E-state index contributed by atoms with van der Waals surface area (Å²) in [6.45, 7) is 5.83. The van der Waals surface area contributed by atoms with E-state index < -0.39 is 11.2 Å². The highest BCUT2D eigenvalue weighted by Crippen LogP contribution is 2.40. The van der Waals surface area contributed by atoms with Gasteiger partial charge in [0, 0.05) is 10.9 Å². The van der Waals surface area contributed by atoms with E-state index in [0.717, 1.165) is 26.4 Å². The van der Waals surface area contributed by atoms with Gasteiger partial charge in [-0.3, -0.25) is 4.79 Å². The number of benzene rings is 1. The maximum absolute atomic E-state index is 11.2. The van der Waals surface area contributed by atoms with Crippen LogP contribution in [0.3, 0.4) is 0 Å². The van der Waals surface area contributed by atoms with Gasteiger partial charge in [-0.05, 0) is 31.9 Å². The van der Waals surface area contributed by atoms with Crippen LogP contribution < -0.4 is 0 Å². The Labute approximate surface area is 142 Å². The lowest BCUT2D eigenvalue weighted by atomic mass is 9.99. The van der Waals surface area contributed by atoms with Crippen LogP contribution in [0.15, 0.2) is 34.9 Å². The molecule has 0 saturated heterocycles. The smallest absolute Gasteiger partial charge is 0.316 e. The summed E-state index contributed by atoms with van der Waals surface area (Å²) in [4.78, 5) is 20.7. The van der Waals surface area contributed by atoms with Crippen molar-refractivity contribution in [2.45, 2.75) is 31.0 Å². The fourth-order valence-corrected chi connectivity index (χ4v) is 4.31. The minimum Gasteiger partial charge on any atom is -0.480 e. The number of thioether (sulfide) groups is 1. The second-order valence-corrected chi connectivity index (χ2v) is 7.61. The van der Waals surface area contributed by atoms with E-state index in [4.69, 9.17) is 5.11 Å². The molecular formula is C17H16N2O2S2. The molecule has 0 radical (unpaired) electrons. The molecule has 0 saturated carbocycles. The van der Waals surface area contributed by atoms with Gasteiger partial charge in [0.25, 0.3) is 0 Å². The lowest BCUT2D eigenvalue weighted by molar-refractivity contribution is -0.136. The molecule has 2 heterocycles. The molecule has 2 aromatic heterocycles. The van der Waals surface area contributed by atoms with E-state index in [1.54, 1.807) is 18.3 Å². The van der Waals surface area contributed by atoms with E-state index in [1.807, 2.05) is 0 Å². The van der Waals surface area contributed by atoms with E-state index >= 15 is 0 Å². The fraction of sp³-hybridized carbons (Fsp3) is 0.235. The van der Waals surface area contributed by atoms with Crippen LogP contribution in [0, 0.1) is 13.8 Å². The highest BCUT2D eigenvalue weighted by molar-refractivity contribution is 8.00. The topological polar surface area (TPSA) is 63.1 Å². The Hall–Kier alpha value is -1.92. The number of thiophene rings is 1. The largest absolute Gasteiger partial charge is 0.480 e. The number of hydrogen-bond donors (Lipinski definition) is 1. The summed E-state index contributed by atoms with van der Waals surface area (Å²) in [6, 6.07) is 6.34. The second kappa shape index (κ2) is 6.29. The first-order valence-corrected chi connectivity index (χ1v) is 8.92. The Morgan fingerprint density at radius 3 is 2.74 bits per heavy atom. The van der Waals surface area contributed by atoms with Gasteiger partial charge in [-0.2, -0.15) is 0 Å². The van der Waals surface area contributed by atoms with Crippen molar-refractivity contribution in [2.24, 2.45) is 0 Å². The summed E-state index contributed by atoms with van der Waals surface area (Å²) >= 11 is 2.82.